The number of carbonyl (C=O) groups excluding carboxylic acids is 2. The minimum atomic E-state index is -0.299. The zero-order chi connectivity index (χ0) is 18.7. The lowest BCUT2D eigenvalue weighted by molar-refractivity contribution is 0.101. The van der Waals surface area contributed by atoms with E-state index in [0.29, 0.717) is 17.1 Å². The van der Waals surface area contributed by atoms with Gasteiger partial charge in [-0.25, -0.2) is 4.98 Å². The molecule has 0 atom stereocenters. The molecule has 0 aliphatic rings. The van der Waals surface area contributed by atoms with Crippen LogP contribution in [0, 0.1) is 13.8 Å². The van der Waals surface area contributed by atoms with Crippen LogP contribution in [0.15, 0.2) is 48.7 Å². The molecule has 0 aliphatic heterocycles. The van der Waals surface area contributed by atoms with Gasteiger partial charge in [-0.1, -0.05) is 18.2 Å². The molecule has 0 unspecified atom stereocenters. The maximum absolute atomic E-state index is 12.4. The monoisotopic (exact) mass is 349 g/mol. The molecule has 0 spiro atoms. The number of nitrogens with one attached hydrogen (secondary N) is 2. The first-order valence-electron chi connectivity index (χ1n) is 8.09. The second kappa shape index (κ2) is 7.18. The van der Waals surface area contributed by atoms with Gasteiger partial charge < -0.3 is 10.6 Å². The number of para-hydroxylation sites is 1. The van der Waals surface area contributed by atoms with E-state index in [2.05, 4.69) is 20.7 Å². The minimum absolute atomic E-state index is 0.282. The first-order valence-corrected chi connectivity index (χ1v) is 8.09. The lowest BCUT2D eigenvalue weighted by atomic mass is 10.2. The summed E-state index contributed by atoms with van der Waals surface area (Å²) >= 11 is 0. The predicted molar refractivity (Wildman–Crippen MR) is 99.3 cm³/mol. The van der Waals surface area contributed by atoms with E-state index in [-0.39, 0.29) is 17.5 Å². The van der Waals surface area contributed by atoms with Gasteiger partial charge in [0.2, 0.25) is 0 Å². The van der Waals surface area contributed by atoms with Crippen LogP contribution in [0.25, 0.3) is 0 Å². The number of pyridine rings is 1. The van der Waals surface area contributed by atoms with Crippen LogP contribution >= 0.6 is 0 Å². The molecular formula is C19H19N5O2. The number of carbonyl (C=O) groups is 2. The van der Waals surface area contributed by atoms with Crippen molar-refractivity contribution < 1.29 is 9.59 Å². The van der Waals surface area contributed by atoms with E-state index in [0.717, 1.165) is 11.3 Å². The van der Waals surface area contributed by atoms with Gasteiger partial charge in [0.15, 0.2) is 0 Å². The number of benzene rings is 1. The van der Waals surface area contributed by atoms with Crippen LogP contribution in [0.5, 0.6) is 0 Å². The van der Waals surface area contributed by atoms with E-state index in [9.17, 15) is 9.59 Å². The fourth-order valence-corrected chi connectivity index (χ4v) is 2.50. The van der Waals surface area contributed by atoms with Gasteiger partial charge in [-0.15, -0.1) is 0 Å². The molecule has 0 bridgehead atoms. The fraction of sp³-hybridized carbons (Fsp3) is 0.158. The van der Waals surface area contributed by atoms with Crippen molar-refractivity contribution in [3.8, 4) is 0 Å². The first-order chi connectivity index (χ1) is 12.5. The lowest BCUT2D eigenvalue weighted by Crippen LogP contribution is -2.18. The number of aryl methyl sites for hydroxylation is 3. The van der Waals surface area contributed by atoms with Crippen LogP contribution in [0.3, 0.4) is 0 Å². The molecule has 0 saturated carbocycles. The molecule has 2 amide bonds. The van der Waals surface area contributed by atoms with Crippen molar-refractivity contribution in [3.63, 3.8) is 0 Å². The Kier molecular flexibility index (Phi) is 4.79. The van der Waals surface area contributed by atoms with E-state index in [1.54, 1.807) is 38.4 Å². The van der Waals surface area contributed by atoms with Crippen molar-refractivity contribution in [1.82, 2.24) is 14.8 Å². The summed E-state index contributed by atoms with van der Waals surface area (Å²) in [4.78, 5) is 29.0. The SMILES string of the molecule is Cc1ccccc1NC(=O)c1ccc(NC(=O)c2ccnn2C)c(C)n1. The molecule has 26 heavy (non-hydrogen) atoms. The lowest BCUT2D eigenvalue weighted by Gasteiger charge is -2.11. The number of anilines is 2. The second-order valence-corrected chi connectivity index (χ2v) is 5.89. The van der Waals surface area contributed by atoms with Crippen molar-refractivity contribution in [3.05, 3.63) is 71.3 Å². The summed E-state index contributed by atoms with van der Waals surface area (Å²) in [5, 5.41) is 9.60. The van der Waals surface area contributed by atoms with Gasteiger partial charge in [0.25, 0.3) is 11.8 Å². The van der Waals surface area contributed by atoms with E-state index in [1.807, 2.05) is 31.2 Å². The van der Waals surface area contributed by atoms with E-state index < -0.39 is 0 Å². The molecule has 3 aromatic rings. The van der Waals surface area contributed by atoms with Crippen LogP contribution in [-0.4, -0.2) is 26.6 Å². The number of hydrogen-bond donors (Lipinski definition) is 2. The van der Waals surface area contributed by atoms with Crippen molar-refractivity contribution in [2.75, 3.05) is 10.6 Å². The van der Waals surface area contributed by atoms with Gasteiger partial charge in [-0.2, -0.15) is 5.10 Å². The average Bonchev–Trinajstić information content (AvgIpc) is 3.04. The van der Waals surface area contributed by atoms with E-state index in [1.165, 1.54) is 4.68 Å². The van der Waals surface area contributed by atoms with E-state index in [4.69, 9.17) is 0 Å². The Morgan fingerprint density at radius 1 is 0.923 bits per heavy atom. The molecule has 0 saturated heterocycles. The minimum Gasteiger partial charge on any atom is -0.320 e. The standard InChI is InChI=1S/C19H19N5O2/c1-12-6-4-5-7-14(12)22-18(25)16-9-8-15(13(2)21-16)23-19(26)17-10-11-20-24(17)3/h4-11H,1-3H3,(H,22,25)(H,23,26). The van der Waals surface area contributed by atoms with Crippen molar-refractivity contribution >= 4 is 23.2 Å². The Bertz CT molecular complexity index is 978. The largest absolute Gasteiger partial charge is 0.320 e. The van der Waals surface area contributed by atoms with Crippen LogP contribution < -0.4 is 10.6 Å². The highest BCUT2D eigenvalue weighted by molar-refractivity contribution is 6.05. The van der Waals surface area contributed by atoms with Gasteiger partial charge in [-0.05, 0) is 43.7 Å². The van der Waals surface area contributed by atoms with Gasteiger partial charge in [0.1, 0.15) is 11.4 Å². The summed E-state index contributed by atoms with van der Waals surface area (Å²) in [6, 6.07) is 12.4. The molecule has 7 heteroatoms. The quantitative estimate of drug-likeness (QED) is 0.758. The summed E-state index contributed by atoms with van der Waals surface area (Å²) in [5.74, 6) is -0.584. The second-order valence-electron chi connectivity index (χ2n) is 5.89. The number of amides is 2. The third-order valence-corrected chi connectivity index (χ3v) is 4.01. The molecule has 2 heterocycles. The van der Waals surface area contributed by atoms with Crippen LogP contribution in [0.4, 0.5) is 11.4 Å². The highest BCUT2D eigenvalue weighted by Gasteiger charge is 2.14. The summed E-state index contributed by atoms with van der Waals surface area (Å²) in [6.07, 6.45) is 1.55. The highest BCUT2D eigenvalue weighted by Crippen LogP contribution is 2.17. The zero-order valence-corrected chi connectivity index (χ0v) is 14.8. The maximum atomic E-state index is 12.4. The number of rotatable bonds is 4. The molecule has 132 valence electrons. The summed E-state index contributed by atoms with van der Waals surface area (Å²) in [7, 11) is 1.69. The third-order valence-electron chi connectivity index (χ3n) is 4.01. The molecule has 3 rings (SSSR count). The van der Waals surface area contributed by atoms with Gasteiger partial charge in [-0.3, -0.25) is 14.3 Å². The van der Waals surface area contributed by atoms with Crippen LogP contribution in [-0.2, 0) is 7.05 Å². The molecular weight excluding hydrogens is 330 g/mol. The summed E-state index contributed by atoms with van der Waals surface area (Å²) in [6.45, 7) is 3.66. The Balaban J connectivity index is 1.75. The zero-order valence-electron chi connectivity index (χ0n) is 14.8. The highest BCUT2D eigenvalue weighted by atomic mass is 16.2. The molecule has 2 aromatic heterocycles. The third kappa shape index (κ3) is 3.61. The average molecular weight is 349 g/mol. The van der Waals surface area contributed by atoms with Gasteiger partial charge >= 0.3 is 0 Å². The van der Waals surface area contributed by atoms with Gasteiger partial charge in [0, 0.05) is 18.9 Å². The number of aromatic nitrogens is 3. The summed E-state index contributed by atoms with van der Waals surface area (Å²) in [5.41, 5.74) is 3.53. The topological polar surface area (TPSA) is 88.9 Å². The van der Waals surface area contributed by atoms with Gasteiger partial charge in [0.05, 0.1) is 11.4 Å². The fourth-order valence-electron chi connectivity index (χ4n) is 2.50. The molecule has 0 fully saturated rings. The molecule has 0 radical (unpaired) electrons. The first kappa shape index (κ1) is 17.3. The Hall–Kier alpha value is -3.48. The van der Waals surface area contributed by atoms with E-state index >= 15 is 0 Å². The molecule has 7 nitrogen and oxygen atoms in total. The van der Waals surface area contributed by atoms with Crippen LogP contribution in [0.1, 0.15) is 32.2 Å². The predicted octanol–water partition coefficient (Wildman–Crippen LogP) is 2.94. The Labute approximate surface area is 151 Å². The number of nitrogens with zero attached hydrogens (tertiary/aromatic N) is 3. The maximum Gasteiger partial charge on any atom is 0.274 e. The Morgan fingerprint density at radius 2 is 1.65 bits per heavy atom. The number of hydrogen-bond acceptors (Lipinski definition) is 4. The van der Waals surface area contributed by atoms with Crippen LogP contribution in [0.2, 0.25) is 0 Å². The molecule has 2 N–H and O–H groups in total. The molecule has 1 aromatic carbocycles. The molecule has 0 aliphatic carbocycles. The van der Waals surface area contributed by atoms with Crippen molar-refractivity contribution in [2.45, 2.75) is 13.8 Å². The smallest absolute Gasteiger partial charge is 0.274 e. The van der Waals surface area contributed by atoms with Crippen molar-refractivity contribution in [2.24, 2.45) is 7.05 Å². The Morgan fingerprint density at radius 3 is 2.31 bits per heavy atom. The normalized spacial score (nSPS) is 10.4. The summed E-state index contributed by atoms with van der Waals surface area (Å²) < 4.78 is 1.49. The van der Waals surface area contributed by atoms with Crippen molar-refractivity contribution in [1.29, 1.82) is 0 Å².